The number of terminal acetylenes is 1. The highest BCUT2D eigenvalue weighted by atomic mass is 28.4. The van der Waals surface area contributed by atoms with Crippen LogP contribution in [0.3, 0.4) is 0 Å². The maximum atomic E-state index is 11.2. The molecular formula is C14H26O3Si. The molecule has 0 radical (unpaired) electrons. The molecule has 0 amide bonds. The van der Waals surface area contributed by atoms with Gasteiger partial charge in [-0.25, -0.2) is 4.79 Å². The predicted molar refractivity (Wildman–Crippen MR) is 77.0 cm³/mol. The number of carbonyl (C=O) groups is 1. The van der Waals surface area contributed by atoms with Crippen LogP contribution in [0.5, 0.6) is 0 Å². The van der Waals surface area contributed by atoms with Crippen LogP contribution >= 0.6 is 0 Å². The molecular weight excluding hydrogens is 244 g/mol. The number of hydrogen-bond acceptors (Lipinski definition) is 2. The summed E-state index contributed by atoms with van der Waals surface area (Å²) in [5.74, 6) is 1.73. The summed E-state index contributed by atoms with van der Waals surface area (Å²) in [5, 5.41) is 9.18. The van der Waals surface area contributed by atoms with Gasteiger partial charge in [0, 0.05) is 6.42 Å². The molecule has 0 saturated carbocycles. The monoisotopic (exact) mass is 270 g/mol. The minimum atomic E-state index is -1.84. The van der Waals surface area contributed by atoms with Crippen molar-refractivity contribution in [3.63, 3.8) is 0 Å². The highest BCUT2D eigenvalue weighted by molar-refractivity contribution is 6.71. The Bertz CT molecular complexity index is 281. The molecule has 1 unspecified atom stereocenters. The molecule has 1 atom stereocenters. The van der Waals surface area contributed by atoms with Crippen LogP contribution in [0.25, 0.3) is 0 Å². The highest BCUT2D eigenvalue weighted by Crippen LogP contribution is 2.20. The van der Waals surface area contributed by atoms with Gasteiger partial charge in [0.1, 0.15) is 6.10 Å². The van der Waals surface area contributed by atoms with Gasteiger partial charge in [-0.2, -0.15) is 0 Å². The van der Waals surface area contributed by atoms with Crippen molar-refractivity contribution in [2.75, 3.05) is 0 Å². The molecule has 0 aliphatic rings. The lowest BCUT2D eigenvalue weighted by Gasteiger charge is -2.27. The summed E-state index contributed by atoms with van der Waals surface area (Å²) in [6, 6.07) is 1.03. The summed E-state index contributed by atoms with van der Waals surface area (Å²) in [7, 11) is -1.84. The zero-order chi connectivity index (χ0) is 14.0. The first-order valence-corrected chi connectivity index (χ1v) is 9.88. The first-order valence-electron chi connectivity index (χ1n) is 6.77. The van der Waals surface area contributed by atoms with Gasteiger partial charge in [-0.05, 0) is 38.4 Å². The standard InChI is InChI=1S/C14H26O3Si/c1-5-7-9-10-11-13(14(15)16)17-18(3,4)12-8-6-2/h1,13H,6-12H2,2-4H3,(H,15,16). The minimum Gasteiger partial charge on any atom is -0.479 e. The average molecular weight is 270 g/mol. The summed E-state index contributed by atoms with van der Waals surface area (Å²) in [4.78, 5) is 11.2. The Morgan fingerprint density at radius 3 is 2.56 bits per heavy atom. The molecule has 18 heavy (non-hydrogen) atoms. The van der Waals surface area contributed by atoms with Crippen LogP contribution in [-0.2, 0) is 9.22 Å². The molecule has 0 aromatic heterocycles. The van der Waals surface area contributed by atoms with Gasteiger partial charge in [-0.15, -0.1) is 12.3 Å². The molecule has 0 rings (SSSR count). The topological polar surface area (TPSA) is 46.5 Å². The maximum Gasteiger partial charge on any atom is 0.331 e. The van der Waals surface area contributed by atoms with Gasteiger partial charge in [-0.3, -0.25) is 0 Å². The molecule has 0 aromatic rings. The van der Waals surface area contributed by atoms with E-state index in [4.69, 9.17) is 10.8 Å². The van der Waals surface area contributed by atoms with Gasteiger partial charge < -0.3 is 9.53 Å². The predicted octanol–water partition coefficient (Wildman–Crippen LogP) is 3.66. The summed E-state index contributed by atoms with van der Waals surface area (Å²) in [6.45, 7) is 6.33. The zero-order valence-corrected chi connectivity index (χ0v) is 12.9. The van der Waals surface area contributed by atoms with E-state index in [1.54, 1.807) is 0 Å². The Hall–Kier alpha value is -0.793. The Morgan fingerprint density at radius 2 is 2.06 bits per heavy atom. The molecule has 104 valence electrons. The first-order chi connectivity index (χ1) is 8.43. The fourth-order valence-corrected chi connectivity index (χ4v) is 4.15. The van der Waals surface area contributed by atoms with Crippen molar-refractivity contribution >= 4 is 14.3 Å². The summed E-state index contributed by atoms with van der Waals surface area (Å²) in [5.41, 5.74) is 0. The van der Waals surface area contributed by atoms with E-state index in [1.807, 2.05) is 0 Å². The fourth-order valence-electron chi connectivity index (χ4n) is 1.84. The maximum absolute atomic E-state index is 11.2. The third-order valence-corrected chi connectivity index (χ3v) is 5.39. The van der Waals surface area contributed by atoms with Crippen LogP contribution in [0.15, 0.2) is 0 Å². The lowest BCUT2D eigenvalue weighted by molar-refractivity contribution is -0.145. The van der Waals surface area contributed by atoms with Crippen LogP contribution in [0, 0.1) is 12.3 Å². The number of rotatable bonds is 10. The average Bonchev–Trinajstić information content (AvgIpc) is 2.30. The normalized spacial score (nSPS) is 13.0. The molecule has 0 heterocycles. The summed E-state index contributed by atoms with van der Waals surface area (Å²) >= 11 is 0. The lowest BCUT2D eigenvalue weighted by atomic mass is 10.1. The minimum absolute atomic E-state index is 0.569. The second-order valence-electron chi connectivity index (χ2n) is 5.26. The molecule has 0 bridgehead atoms. The highest BCUT2D eigenvalue weighted by Gasteiger charge is 2.29. The SMILES string of the molecule is C#CCCCCC(O[Si](C)(C)CCCC)C(=O)O. The van der Waals surface area contributed by atoms with Crippen LogP contribution < -0.4 is 0 Å². The van der Waals surface area contributed by atoms with Crippen molar-refractivity contribution < 1.29 is 14.3 Å². The third-order valence-electron chi connectivity index (χ3n) is 2.91. The molecule has 0 saturated heterocycles. The molecule has 4 heteroatoms. The number of aliphatic carboxylic acids is 1. The molecule has 0 aliphatic carbocycles. The molecule has 0 aliphatic heterocycles. The van der Waals surface area contributed by atoms with Crippen LogP contribution in [0.2, 0.25) is 19.1 Å². The number of unbranched alkanes of at least 4 members (excludes halogenated alkanes) is 3. The van der Waals surface area contributed by atoms with Crippen molar-refractivity contribution in [1.29, 1.82) is 0 Å². The van der Waals surface area contributed by atoms with E-state index < -0.39 is 20.4 Å². The third kappa shape index (κ3) is 8.32. The first kappa shape index (κ1) is 17.2. The summed E-state index contributed by atoms with van der Waals surface area (Å²) in [6.07, 6.45) is 9.73. The molecule has 0 fully saturated rings. The van der Waals surface area contributed by atoms with E-state index in [2.05, 4.69) is 25.9 Å². The van der Waals surface area contributed by atoms with E-state index in [0.717, 1.165) is 31.7 Å². The summed E-state index contributed by atoms with van der Waals surface area (Å²) < 4.78 is 5.87. The van der Waals surface area contributed by atoms with Gasteiger partial charge >= 0.3 is 5.97 Å². The Labute approximate surface area is 112 Å². The molecule has 1 N–H and O–H groups in total. The van der Waals surface area contributed by atoms with E-state index in [1.165, 1.54) is 0 Å². The second kappa shape index (κ2) is 9.18. The van der Waals surface area contributed by atoms with Gasteiger partial charge in [0.15, 0.2) is 8.32 Å². The van der Waals surface area contributed by atoms with Crippen molar-refractivity contribution in [2.24, 2.45) is 0 Å². The second-order valence-corrected chi connectivity index (χ2v) is 9.51. The van der Waals surface area contributed by atoms with Crippen molar-refractivity contribution in [3.05, 3.63) is 0 Å². The van der Waals surface area contributed by atoms with E-state index in [-0.39, 0.29) is 0 Å². The number of carboxylic acid groups (broad SMARTS) is 1. The van der Waals surface area contributed by atoms with Crippen molar-refractivity contribution in [3.8, 4) is 12.3 Å². The Kier molecular flexibility index (Phi) is 8.77. The van der Waals surface area contributed by atoms with E-state index >= 15 is 0 Å². The van der Waals surface area contributed by atoms with E-state index in [0.29, 0.717) is 12.8 Å². The van der Waals surface area contributed by atoms with Gasteiger partial charge in [-0.1, -0.05) is 19.8 Å². The van der Waals surface area contributed by atoms with Crippen LogP contribution in [-0.4, -0.2) is 25.5 Å². The van der Waals surface area contributed by atoms with E-state index in [9.17, 15) is 9.90 Å². The van der Waals surface area contributed by atoms with Gasteiger partial charge in [0.05, 0.1) is 0 Å². The fraction of sp³-hybridized carbons (Fsp3) is 0.786. The largest absolute Gasteiger partial charge is 0.479 e. The zero-order valence-electron chi connectivity index (χ0n) is 11.9. The Balaban J connectivity index is 4.18. The molecule has 0 aromatic carbocycles. The van der Waals surface area contributed by atoms with Gasteiger partial charge in [0.2, 0.25) is 0 Å². The number of carboxylic acids is 1. The van der Waals surface area contributed by atoms with Crippen molar-refractivity contribution in [1.82, 2.24) is 0 Å². The Morgan fingerprint density at radius 1 is 1.39 bits per heavy atom. The van der Waals surface area contributed by atoms with Crippen molar-refractivity contribution in [2.45, 2.75) is 70.7 Å². The quantitative estimate of drug-likeness (QED) is 0.374. The van der Waals surface area contributed by atoms with Gasteiger partial charge in [0.25, 0.3) is 0 Å². The molecule has 0 spiro atoms. The molecule has 3 nitrogen and oxygen atoms in total. The lowest BCUT2D eigenvalue weighted by Crippen LogP contribution is -2.39. The van der Waals surface area contributed by atoms with Crippen LogP contribution in [0.1, 0.15) is 45.4 Å². The van der Waals surface area contributed by atoms with Crippen LogP contribution in [0.4, 0.5) is 0 Å². The smallest absolute Gasteiger partial charge is 0.331 e. The number of hydrogen-bond donors (Lipinski definition) is 1.